The van der Waals surface area contributed by atoms with Crippen molar-refractivity contribution in [3.63, 3.8) is 0 Å². The Kier molecular flexibility index (Phi) is 8.89. The van der Waals surface area contributed by atoms with E-state index >= 15 is 0 Å². The molecule has 0 aromatic rings. The molecule has 90 valence electrons. The first kappa shape index (κ1) is 17.3. The van der Waals surface area contributed by atoms with E-state index in [1.807, 2.05) is 41.5 Å². The van der Waals surface area contributed by atoms with Gasteiger partial charge < -0.3 is 5.11 Å². The minimum Gasteiger partial charge on any atom is -0.384 e. The second-order valence-corrected chi connectivity index (χ2v) is 4.24. The van der Waals surface area contributed by atoms with E-state index in [0.717, 1.165) is 12.1 Å². The maximum Gasteiger partial charge on any atom is 0.104 e. The van der Waals surface area contributed by atoms with Crippen molar-refractivity contribution in [3.05, 3.63) is 0 Å². The van der Waals surface area contributed by atoms with Gasteiger partial charge in [0.1, 0.15) is 5.60 Å². The summed E-state index contributed by atoms with van der Waals surface area (Å²) in [5.74, 6) is 0.222. The van der Waals surface area contributed by atoms with Gasteiger partial charge in [0.05, 0.1) is 0 Å². The number of hydrogen-bond acceptors (Lipinski definition) is 2. The molecule has 3 heteroatoms. The van der Waals surface area contributed by atoms with Gasteiger partial charge in [-0.05, 0) is 33.1 Å². The number of rotatable bonds is 4. The second kappa shape index (κ2) is 7.20. The molecule has 0 saturated carbocycles. The van der Waals surface area contributed by atoms with Crippen LogP contribution in [0.1, 0.15) is 48.0 Å². The van der Waals surface area contributed by atoms with E-state index in [2.05, 4.69) is 4.99 Å². The molecule has 1 unspecified atom stereocenters. The van der Waals surface area contributed by atoms with Gasteiger partial charge in [-0.3, -0.25) is 4.99 Å². The summed E-state index contributed by atoms with van der Waals surface area (Å²) in [6.07, 6.45) is 0.729. The van der Waals surface area contributed by atoms with E-state index in [4.69, 9.17) is 0 Å². The molecule has 1 N–H and O–H groups in total. The van der Waals surface area contributed by atoms with Crippen LogP contribution < -0.4 is 0 Å². The van der Waals surface area contributed by atoms with Crippen molar-refractivity contribution in [1.29, 1.82) is 0 Å². The summed E-state index contributed by atoms with van der Waals surface area (Å²) in [6, 6.07) is 0.261. The maximum absolute atomic E-state index is 10.3. The van der Waals surface area contributed by atoms with Crippen molar-refractivity contribution in [1.82, 2.24) is 0 Å². The zero-order valence-corrected chi connectivity index (χ0v) is 11.9. The zero-order chi connectivity index (χ0) is 10.6. The molecule has 0 radical (unpaired) electrons. The first-order valence-electron chi connectivity index (χ1n) is 5.11. The molecule has 0 aromatic heterocycles. The average molecular weight is 353 g/mol. The fraction of sp³-hybridized carbons (Fsp3) is 0.909. The SMILES string of the molecule is CCC(O)(C(C)=NC(C)C)C(C)C.[Er]. The Hall–Kier alpha value is 0.877. The molecule has 0 bridgehead atoms. The van der Waals surface area contributed by atoms with Crippen LogP contribution in [0.2, 0.25) is 0 Å². The Balaban J connectivity index is 0. The molecule has 0 rings (SSSR count). The van der Waals surface area contributed by atoms with Crippen LogP contribution >= 0.6 is 0 Å². The third-order valence-corrected chi connectivity index (χ3v) is 2.57. The van der Waals surface area contributed by atoms with E-state index in [1.165, 1.54) is 0 Å². The molecule has 0 heterocycles. The van der Waals surface area contributed by atoms with Gasteiger partial charge in [0, 0.05) is 49.1 Å². The van der Waals surface area contributed by atoms with E-state index in [-0.39, 0.29) is 49.3 Å². The van der Waals surface area contributed by atoms with Gasteiger partial charge in [-0.15, -0.1) is 0 Å². The number of aliphatic imine (C=N–C) groups is 1. The summed E-state index contributed by atoms with van der Waals surface area (Å²) in [4.78, 5) is 4.41. The van der Waals surface area contributed by atoms with Crippen LogP contribution in [-0.4, -0.2) is 22.5 Å². The zero-order valence-electron chi connectivity index (χ0n) is 10.0. The topological polar surface area (TPSA) is 32.6 Å². The van der Waals surface area contributed by atoms with Crippen molar-refractivity contribution in [3.8, 4) is 0 Å². The summed E-state index contributed by atoms with van der Waals surface area (Å²) in [7, 11) is 0. The van der Waals surface area contributed by atoms with E-state index in [1.54, 1.807) is 0 Å². The van der Waals surface area contributed by atoms with Crippen molar-refractivity contribution in [2.24, 2.45) is 10.9 Å². The standard InChI is InChI=1S/C11H23NO.Er/c1-7-11(13,8(2)3)10(6)12-9(4)5;/h8-9,13H,7H2,1-6H3;. The fourth-order valence-corrected chi connectivity index (χ4v) is 1.58. The molecular weight excluding hydrogens is 329 g/mol. The summed E-state index contributed by atoms with van der Waals surface area (Å²) in [5, 5.41) is 10.3. The molecule has 0 aromatic carbocycles. The van der Waals surface area contributed by atoms with Gasteiger partial charge in [0.15, 0.2) is 0 Å². The molecule has 2 nitrogen and oxygen atoms in total. The normalized spacial score (nSPS) is 16.8. The van der Waals surface area contributed by atoms with E-state index in [0.29, 0.717) is 0 Å². The van der Waals surface area contributed by atoms with Gasteiger partial charge in [-0.1, -0.05) is 20.8 Å². The third kappa shape index (κ3) is 4.60. The van der Waals surface area contributed by atoms with Gasteiger partial charge in [0.2, 0.25) is 0 Å². The molecule has 0 aliphatic rings. The minimum atomic E-state index is -0.718. The van der Waals surface area contributed by atoms with Gasteiger partial charge in [0.25, 0.3) is 0 Å². The Labute approximate surface area is 118 Å². The van der Waals surface area contributed by atoms with Crippen LogP contribution in [0.5, 0.6) is 0 Å². The largest absolute Gasteiger partial charge is 0.384 e. The third-order valence-electron chi connectivity index (χ3n) is 2.57. The Morgan fingerprint density at radius 3 is 1.93 bits per heavy atom. The first-order valence-corrected chi connectivity index (χ1v) is 5.11. The van der Waals surface area contributed by atoms with Crippen LogP contribution in [0.4, 0.5) is 0 Å². The van der Waals surface area contributed by atoms with Crippen LogP contribution in [0.25, 0.3) is 0 Å². The Bertz CT molecular complexity index is 190. The quantitative estimate of drug-likeness (QED) is 0.775. The number of aliphatic hydroxyl groups is 1. The molecule has 0 saturated heterocycles. The minimum absolute atomic E-state index is 0. The second-order valence-electron chi connectivity index (χ2n) is 4.24. The van der Waals surface area contributed by atoms with E-state index in [9.17, 15) is 5.11 Å². The summed E-state index contributed by atoms with van der Waals surface area (Å²) in [5.41, 5.74) is 0.143. The molecule has 0 fully saturated rings. The molecule has 0 spiro atoms. The number of nitrogens with zero attached hydrogens (tertiary/aromatic N) is 1. The monoisotopic (exact) mass is 351 g/mol. The summed E-state index contributed by atoms with van der Waals surface area (Å²) >= 11 is 0. The van der Waals surface area contributed by atoms with Crippen LogP contribution in [0.15, 0.2) is 4.99 Å². The first-order chi connectivity index (χ1) is 5.84. The Morgan fingerprint density at radius 1 is 1.29 bits per heavy atom. The fourth-order valence-electron chi connectivity index (χ4n) is 1.58. The van der Waals surface area contributed by atoms with Gasteiger partial charge >= 0.3 is 0 Å². The summed E-state index contributed by atoms with van der Waals surface area (Å²) < 4.78 is 0. The van der Waals surface area contributed by atoms with Crippen molar-refractivity contribution < 1.29 is 42.4 Å². The molecule has 1 atom stereocenters. The molecule has 14 heavy (non-hydrogen) atoms. The predicted octanol–water partition coefficient (Wildman–Crippen LogP) is 2.65. The smallest absolute Gasteiger partial charge is 0.104 e. The average Bonchev–Trinajstić information content (AvgIpc) is 2.01. The van der Waals surface area contributed by atoms with Crippen molar-refractivity contribution in [2.45, 2.75) is 59.6 Å². The van der Waals surface area contributed by atoms with E-state index < -0.39 is 5.60 Å². The molecule has 0 amide bonds. The Morgan fingerprint density at radius 2 is 1.71 bits per heavy atom. The van der Waals surface area contributed by atoms with Crippen LogP contribution in [0, 0.1) is 43.2 Å². The predicted molar refractivity (Wildman–Crippen MR) is 58.3 cm³/mol. The molecule has 0 aliphatic carbocycles. The van der Waals surface area contributed by atoms with Crippen LogP contribution in [0.3, 0.4) is 0 Å². The van der Waals surface area contributed by atoms with Crippen LogP contribution in [-0.2, 0) is 0 Å². The molecular formula is C11H23ErNO. The summed E-state index contributed by atoms with van der Waals surface area (Å²) in [6.45, 7) is 12.0. The van der Waals surface area contributed by atoms with Crippen molar-refractivity contribution in [2.75, 3.05) is 0 Å². The van der Waals surface area contributed by atoms with Gasteiger partial charge in [-0.2, -0.15) is 0 Å². The van der Waals surface area contributed by atoms with Gasteiger partial charge in [-0.25, -0.2) is 0 Å². The van der Waals surface area contributed by atoms with Crippen molar-refractivity contribution >= 4 is 5.71 Å². The maximum atomic E-state index is 10.3. The molecule has 0 aliphatic heterocycles. The number of hydrogen-bond donors (Lipinski definition) is 1.